The molecule has 0 fully saturated rings. The average Bonchev–Trinajstić information content (AvgIpc) is 3.46. The molecule has 0 aromatic heterocycles. The van der Waals surface area contributed by atoms with Gasteiger partial charge in [0.15, 0.2) is 0 Å². The molecule has 0 radical (unpaired) electrons. The molecule has 20 heteroatoms. The number of benzene rings is 2. The van der Waals surface area contributed by atoms with Gasteiger partial charge in [0, 0.05) is 59.6 Å². The lowest BCUT2D eigenvalue weighted by molar-refractivity contribution is -0.385. The van der Waals surface area contributed by atoms with Crippen molar-refractivity contribution < 1.29 is 26.7 Å². The second kappa shape index (κ2) is 14.1. The molecule has 0 amide bonds. The van der Waals surface area contributed by atoms with Crippen LogP contribution in [0, 0.1) is 65.6 Å². The minimum absolute atomic E-state index is 0.0287. The van der Waals surface area contributed by atoms with Gasteiger partial charge in [-0.15, -0.1) is 0 Å². The van der Waals surface area contributed by atoms with Gasteiger partial charge in [-0.25, -0.2) is 8.61 Å². The van der Waals surface area contributed by atoms with Crippen molar-refractivity contribution in [1.29, 1.82) is 21.0 Å². The molecule has 2 aromatic carbocycles. The molecule has 2 aliphatic heterocycles. The first kappa shape index (κ1) is 38.4. The predicted molar refractivity (Wildman–Crippen MR) is 186 cm³/mol. The smallest absolute Gasteiger partial charge is 0.258 e. The van der Waals surface area contributed by atoms with Gasteiger partial charge in [-0.05, 0) is 47.6 Å². The summed E-state index contributed by atoms with van der Waals surface area (Å²) in [7, 11) is -9.16. The molecule has 0 aliphatic carbocycles. The number of fused-ring (bicyclic) bond motifs is 2. The van der Waals surface area contributed by atoms with Crippen LogP contribution in [0.15, 0.2) is 83.2 Å². The fourth-order valence-electron chi connectivity index (χ4n) is 5.76. The Hall–Kier alpha value is -6.42. The molecule has 4 rings (SSSR count). The molecule has 266 valence electrons. The summed E-state index contributed by atoms with van der Waals surface area (Å²) < 4.78 is 61.7. The van der Waals surface area contributed by atoms with Crippen LogP contribution in [0.4, 0.5) is 22.7 Å². The summed E-state index contributed by atoms with van der Waals surface area (Å²) in [4.78, 5) is 21.8. The lowest BCUT2D eigenvalue weighted by atomic mass is 9.83. The van der Waals surface area contributed by atoms with Crippen molar-refractivity contribution >= 4 is 43.2 Å². The Morgan fingerprint density at radius 2 is 1.02 bits per heavy atom. The summed E-state index contributed by atoms with van der Waals surface area (Å²) >= 11 is 0. The molecular weight excluding hydrogens is 717 g/mol. The van der Waals surface area contributed by atoms with Crippen molar-refractivity contribution in [2.24, 2.45) is 0 Å². The third-order valence-electron chi connectivity index (χ3n) is 8.36. The summed E-state index contributed by atoms with van der Waals surface area (Å²) in [5.41, 5.74) is -3.03. The number of nitrogens with zero attached hydrogens (tertiary/aromatic N) is 8. The van der Waals surface area contributed by atoms with E-state index in [1.54, 1.807) is 52.0 Å². The van der Waals surface area contributed by atoms with Crippen LogP contribution >= 0.6 is 0 Å². The van der Waals surface area contributed by atoms with Crippen molar-refractivity contribution in [2.75, 3.05) is 21.7 Å². The molecule has 0 atom stereocenters. The van der Waals surface area contributed by atoms with Crippen LogP contribution in [0.5, 0.6) is 0 Å². The summed E-state index contributed by atoms with van der Waals surface area (Å²) in [5.74, 6) is 0. The summed E-state index contributed by atoms with van der Waals surface area (Å²) in [6.45, 7) is 5.33. The van der Waals surface area contributed by atoms with E-state index in [0.29, 0.717) is 0 Å². The van der Waals surface area contributed by atoms with E-state index in [4.69, 9.17) is 0 Å². The van der Waals surface area contributed by atoms with Crippen LogP contribution in [0.25, 0.3) is 0 Å². The summed E-state index contributed by atoms with van der Waals surface area (Å²) in [6, 6.07) is 13.8. The number of nitro groups is 2. The number of nitro benzene ring substituents is 2. The van der Waals surface area contributed by atoms with Crippen molar-refractivity contribution in [2.45, 2.75) is 38.5 Å². The molecule has 2 aliphatic rings. The van der Waals surface area contributed by atoms with E-state index in [9.17, 15) is 58.1 Å². The largest absolute Gasteiger partial charge is 0.305 e. The molecule has 0 bridgehead atoms. The second-order valence-corrected chi connectivity index (χ2v) is 15.4. The van der Waals surface area contributed by atoms with E-state index in [1.807, 2.05) is 0 Å². The third-order valence-corrected chi connectivity index (χ3v) is 11.2. The number of allylic oxidation sites excluding steroid dienone is 8. The number of nitrogens with one attached hydrogen (secondary N) is 2. The minimum atomic E-state index is -4.58. The highest BCUT2D eigenvalue weighted by atomic mass is 32.2. The van der Waals surface area contributed by atoms with E-state index >= 15 is 0 Å². The monoisotopic (exact) mass is 744 g/mol. The fraction of sp³-hybridized carbons (Fsp3) is 0.250. The Balaban J connectivity index is 1.68. The number of nitriles is 4. The van der Waals surface area contributed by atoms with Gasteiger partial charge in [0.2, 0.25) is 0 Å². The van der Waals surface area contributed by atoms with Gasteiger partial charge in [-0.1, -0.05) is 27.7 Å². The SMILES string of the molecule is CC1(C)/C(=C\C=C(C#N)C#N)N(S(=O)(=O)NCCNS(=O)(=O)N2/C(=C/C=C(C#N)C#N)C(C)(C)c3cc([N+](=O)[O-])ccc32)c2ccc([N+](=O)[O-])cc21. The highest BCUT2D eigenvalue weighted by Gasteiger charge is 2.47. The van der Waals surface area contributed by atoms with Crippen LogP contribution in [0.3, 0.4) is 0 Å². The maximum atomic E-state index is 13.8. The molecule has 2 N–H and O–H groups in total. The zero-order valence-electron chi connectivity index (χ0n) is 27.8. The number of anilines is 2. The Kier molecular flexibility index (Phi) is 10.4. The molecule has 0 spiro atoms. The van der Waals surface area contributed by atoms with Crippen molar-refractivity contribution in [3.05, 3.63) is 115 Å². The second-order valence-electron chi connectivity index (χ2n) is 12.2. The molecule has 0 unspecified atom stereocenters. The van der Waals surface area contributed by atoms with Gasteiger partial charge in [0.05, 0.1) is 21.2 Å². The Morgan fingerprint density at radius 1 is 0.692 bits per heavy atom. The minimum Gasteiger partial charge on any atom is -0.258 e. The molecule has 52 heavy (non-hydrogen) atoms. The summed E-state index contributed by atoms with van der Waals surface area (Å²) in [5, 5.41) is 59.9. The van der Waals surface area contributed by atoms with E-state index < -0.39 is 54.2 Å². The van der Waals surface area contributed by atoms with Crippen molar-refractivity contribution in [3.8, 4) is 24.3 Å². The number of hydrogen-bond donors (Lipinski definition) is 2. The van der Waals surface area contributed by atoms with E-state index in [2.05, 4.69) is 9.44 Å². The van der Waals surface area contributed by atoms with E-state index in [1.165, 1.54) is 36.4 Å². The van der Waals surface area contributed by atoms with Crippen LogP contribution in [0.1, 0.15) is 38.8 Å². The maximum Gasteiger partial charge on any atom is 0.305 e. The summed E-state index contributed by atoms with van der Waals surface area (Å²) in [6.07, 6.45) is 4.68. The van der Waals surface area contributed by atoms with Crippen LogP contribution in [-0.4, -0.2) is 39.8 Å². The van der Waals surface area contributed by atoms with Crippen LogP contribution in [-0.2, 0) is 31.2 Å². The fourth-order valence-corrected chi connectivity index (χ4v) is 8.67. The van der Waals surface area contributed by atoms with Gasteiger partial charge in [0.1, 0.15) is 35.4 Å². The van der Waals surface area contributed by atoms with E-state index in [0.717, 1.165) is 32.9 Å². The number of non-ortho nitro benzene ring substituents is 2. The lowest BCUT2D eigenvalue weighted by Crippen LogP contribution is -2.46. The van der Waals surface area contributed by atoms with Gasteiger partial charge >= 0.3 is 20.4 Å². The first-order chi connectivity index (χ1) is 24.3. The topological polar surface area (TPSA) is 280 Å². The normalized spacial score (nSPS) is 16.8. The predicted octanol–water partition coefficient (Wildman–Crippen LogP) is 3.78. The van der Waals surface area contributed by atoms with E-state index in [-0.39, 0.29) is 56.4 Å². The first-order valence-electron chi connectivity index (χ1n) is 14.9. The highest BCUT2D eigenvalue weighted by molar-refractivity contribution is 7.91. The third kappa shape index (κ3) is 6.96. The molecule has 2 heterocycles. The standard InChI is InChI=1S/C32H28N10O8S2/c1-31(2)25-15-23(41(43)44)7-9-27(25)39(29(31)11-5-21(17-33)18-34)51(47,48)37-13-14-38-52(49,50)40-28-10-8-24(42(45)46)16-26(28)32(3,4)30(40)12-6-22(19-35)20-36/h5-12,15-16,37-38H,13-14H2,1-4H3/b29-11+,30-12+. The molecule has 18 nitrogen and oxygen atoms in total. The zero-order chi connectivity index (χ0) is 38.8. The average molecular weight is 745 g/mol. The van der Waals surface area contributed by atoms with Crippen LogP contribution < -0.4 is 18.1 Å². The number of rotatable bonds is 11. The first-order valence-corrected chi connectivity index (χ1v) is 17.8. The highest BCUT2D eigenvalue weighted by Crippen LogP contribution is 2.51. The lowest BCUT2D eigenvalue weighted by Gasteiger charge is -2.27. The van der Waals surface area contributed by atoms with Gasteiger partial charge in [0.25, 0.3) is 11.4 Å². The van der Waals surface area contributed by atoms with Gasteiger partial charge in [-0.3, -0.25) is 20.2 Å². The van der Waals surface area contributed by atoms with Crippen LogP contribution in [0.2, 0.25) is 0 Å². The molecule has 0 saturated carbocycles. The van der Waals surface area contributed by atoms with Crippen molar-refractivity contribution in [3.63, 3.8) is 0 Å². The maximum absolute atomic E-state index is 13.8. The Labute approximate surface area is 298 Å². The number of hydrogen-bond acceptors (Lipinski definition) is 12. The zero-order valence-corrected chi connectivity index (χ0v) is 29.5. The molecule has 0 saturated heterocycles. The van der Waals surface area contributed by atoms with Gasteiger partial charge in [-0.2, -0.15) is 47.3 Å². The molecule has 2 aromatic rings. The molecular formula is C32H28N10O8S2. The quantitative estimate of drug-likeness (QED) is 0.144. The Morgan fingerprint density at radius 3 is 1.31 bits per heavy atom. The van der Waals surface area contributed by atoms with Gasteiger partial charge < -0.3 is 0 Å². The van der Waals surface area contributed by atoms with Crippen molar-refractivity contribution in [1.82, 2.24) is 9.44 Å². The Bertz CT molecular complexity index is 2220.